The third kappa shape index (κ3) is 5.41. The number of nitrogens with one attached hydrogen (secondary N) is 1. The summed E-state index contributed by atoms with van der Waals surface area (Å²) in [5, 5.41) is 2.79. The zero-order valence-corrected chi connectivity index (χ0v) is 17.3. The third-order valence-electron chi connectivity index (χ3n) is 4.75. The molecular formula is C21H25FN2O4S. The SMILES string of the molecule is CC1CN(S(=O)(=O)c2ccc(C(=O)NCCc3ccc(F)cc3)cc2)CC(C)O1. The second-order valence-electron chi connectivity index (χ2n) is 7.24. The van der Waals surface area contributed by atoms with Crippen LogP contribution in [0, 0.1) is 5.82 Å². The standard InChI is InChI=1S/C21H25FN2O4S/c1-15-13-24(14-16(2)28-15)29(26,27)20-9-5-18(6-10-20)21(25)23-12-11-17-3-7-19(22)8-4-17/h3-10,15-16H,11-14H2,1-2H3,(H,23,25). The highest BCUT2D eigenvalue weighted by atomic mass is 32.2. The van der Waals surface area contributed by atoms with Gasteiger partial charge in [0.15, 0.2) is 0 Å². The van der Waals surface area contributed by atoms with Crippen molar-refractivity contribution in [2.75, 3.05) is 19.6 Å². The number of hydrogen-bond donors (Lipinski definition) is 1. The lowest BCUT2D eigenvalue weighted by Gasteiger charge is -2.34. The van der Waals surface area contributed by atoms with Gasteiger partial charge in [-0.2, -0.15) is 4.31 Å². The van der Waals surface area contributed by atoms with Crippen LogP contribution in [0.5, 0.6) is 0 Å². The number of benzene rings is 2. The van der Waals surface area contributed by atoms with E-state index >= 15 is 0 Å². The maximum Gasteiger partial charge on any atom is 0.251 e. The van der Waals surface area contributed by atoms with Gasteiger partial charge in [0.25, 0.3) is 5.91 Å². The Hall–Kier alpha value is -2.29. The van der Waals surface area contributed by atoms with Gasteiger partial charge < -0.3 is 10.1 Å². The lowest BCUT2D eigenvalue weighted by Crippen LogP contribution is -2.48. The second kappa shape index (κ2) is 9.02. The number of nitrogens with zero attached hydrogens (tertiary/aromatic N) is 1. The molecule has 0 radical (unpaired) electrons. The Balaban J connectivity index is 1.60. The number of morpholine rings is 1. The van der Waals surface area contributed by atoms with Crippen molar-refractivity contribution in [2.45, 2.75) is 37.4 Å². The van der Waals surface area contributed by atoms with E-state index < -0.39 is 10.0 Å². The summed E-state index contributed by atoms with van der Waals surface area (Å²) in [6.45, 7) is 4.69. The van der Waals surface area contributed by atoms with Crippen LogP contribution in [-0.4, -0.2) is 50.5 Å². The van der Waals surface area contributed by atoms with E-state index in [9.17, 15) is 17.6 Å². The summed E-state index contributed by atoms with van der Waals surface area (Å²) in [4.78, 5) is 12.4. The van der Waals surface area contributed by atoms with E-state index in [0.717, 1.165) is 5.56 Å². The molecule has 0 aliphatic carbocycles. The van der Waals surface area contributed by atoms with E-state index in [4.69, 9.17) is 4.74 Å². The summed E-state index contributed by atoms with van der Waals surface area (Å²) < 4.78 is 45.6. The van der Waals surface area contributed by atoms with Crippen molar-refractivity contribution in [2.24, 2.45) is 0 Å². The molecule has 2 atom stereocenters. The Bertz CT molecular complexity index is 936. The fraction of sp³-hybridized carbons (Fsp3) is 0.381. The molecule has 0 saturated carbocycles. The van der Waals surface area contributed by atoms with Crippen LogP contribution in [0.2, 0.25) is 0 Å². The van der Waals surface area contributed by atoms with Gasteiger partial charge in [-0.1, -0.05) is 12.1 Å². The Morgan fingerprint density at radius 1 is 1.07 bits per heavy atom. The average molecular weight is 421 g/mol. The summed E-state index contributed by atoms with van der Waals surface area (Å²) in [7, 11) is -3.64. The number of ether oxygens (including phenoxy) is 1. The van der Waals surface area contributed by atoms with Crippen molar-refractivity contribution in [3.05, 3.63) is 65.5 Å². The molecule has 1 fully saturated rings. The van der Waals surface area contributed by atoms with Crippen LogP contribution in [-0.2, 0) is 21.2 Å². The number of hydrogen-bond acceptors (Lipinski definition) is 4. The van der Waals surface area contributed by atoms with E-state index in [1.807, 2.05) is 13.8 Å². The average Bonchev–Trinajstić information content (AvgIpc) is 2.69. The number of rotatable bonds is 6. The van der Waals surface area contributed by atoms with Crippen molar-refractivity contribution < 1.29 is 22.3 Å². The molecule has 1 heterocycles. The van der Waals surface area contributed by atoms with Crippen LogP contribution in [0.25, 0.3) is 0 Å². The molecule has 2 unspecified atom stereocenters. The molecule has 1 saturated heterocycles. The first-order valence-corrected chi connectivity index (χ1v) is 11.0. The van der Waals surface area contributed by atoms with Gasteiger partial charge >= 0.3 is 0 Å². The van der Waals surface area contributed by atoms with E-state index in [0.29, 0.717) is 31.6 Å². The van der Waals surface area contributed by atoms with Crippen LogP contribution < -0.4 is 5.32 Å². The summed E-state index contributed by atoms with van der Waals surface area (Å²) in [6.07, 6.45) is 0.241. The largest absolute Gasteiger partial charge is 0.373 e. The zero-order chi connectivity index (χ0) is 21.0. The first kappa shape index (κ1) is 21.4. The van der Waals surface area contributed by atoms with Crippen LogP contribution in [0.1, 0.15) is 29.8 Å². The van der Waals surface area contributed by atoms with Crippen molar-refractivity contribution in [1.29, 1.82) is 0 Å². The normalized spacial score (nSPS) is 20.4. The molecule has 8 heteroatoms. The smallest absolute Gasteiger partial charge is 0.251 e. The molecule has 2 aromatic rings. The highest BCUT2D eigenvalue weighted by Gasteiger charge is 2.32. The fourth-order valence-corrected chi connectivity index (χ4v) is 4.92. The van der Waals surface area contributed by atoms with E-state index in [-0.39, 0.29) is 28.8 Å². The first-order chi connectivity index (χ1) is 13.8. The van der Waals surface area contributed by atoms with Crippen molar-refractivity contribution in [3.63, 3.8) is 0 Å². The minimum absolute atomic E-state index is 0.154. The summed E-state index contributed by atoms with van der Waals surface area (Å²) in [6, 6.07) is 12.0. The van der Waals surface area contributed by atoms with Crippen molar-refractivity contribution >= 4 is 15.9 Å². The van der Waals surface area contributed by atoms with Crippen LogP contribution in [0.3, 0.4) is 0 Å². The molecule has 156 valence electrons. The maximum absolute atomic E-state index is 12.9. The van der Waals surface area contributed by atoms with Gasteiger partial charge in [0.1, 0.15) is 5.82 Å². The number of sulfonamides is 1. The number of carbonyl (C=O) groups excluding carboxylic acids is 1. The van der Waals surface area contributed by atoms with Gasteiger partial charge in [0, 0.05) is 25.2 Å². The van der Waals surface area contributed by atoms with Gasteiger partial charge in [-0.15, -0.1) is 0 Å². The predicted octanol–water partition coefficient (Wildman–Crippen LogP) is 2.60. The highest BCUT2D eigenvalue weighted by molar-refractivity contribution is 7.89. The molecule has 0 aromatic heterocycles. The molecule has 1 aliphatic rings. The third-order valence-corrected chi connectivity index (χ3v) is 6.60. The van der Waals surface area contributed by atoms with Gasteiger partial charge in [0.2, 0.25) is 10.0 Å². The van der Waals surface area contributed by atoms with Crippen LogP contribution in [0.4, 0.5) is 4.39 Å². The lowest BCUT2D eigenvalue weighted by atomic mass is 10.1. The molecule has 29 heavy (non-hydrogen) atoms. The van der Waals surface area contributed by atoms with E-state index in [2.05, 4.69) is 5.32 Å². The van der Waals surface area contributed by atoms with E-state index in [1.54, 1.807) is 12.1 Å². The predicted molar refractivity (Wildman–Crippen MR) is 108 cm³/mol. The monoisotopic (exact) mass is 420 g/mol. The molecule has 1 N–H and O–H groups in total. The number of amides is 1. The fourth-order valence-electron chi connectivity index (χ4n) is 3.33. The molecular weight excluding hydrogens is 395 g/mol. The number of halogens is 1. The molecule has 0 bridgehead atoms. The summed E-state index contributed by atoms with van der Waals surface area (Å²) in [5.74, 6) is -0.585. The molecule has 0 spiro atoms. The Kier molecular flexibility index (Phi) is 6.66. The molecule has 1 aliphatic heterocycles. The van der Waals surface area contributed by atoms with Gasteiger partial charge in [-0.3, -0.25) is 4.79 Å². The van der Waals surface area contributed by atoms with E-state index in [1.165, 1.54) is 40.7 Å². The van der Waals surface area contributed by atoms with Gasteiger partial charge in [-0.05, 0) is 62.2 Å². The maximum atomic E-state index is 12.9. The number of carbonyl (C=O) groups is 1. The van der Waals surface area contributed by atoms with Gasteiger partial charge in [0.05, 0.1) is 17.1 Å². The molecule has 1 amide bonds. The lowest BCUT2D eigenvalue weighted by molar-refractivity contribution is -0.0440. The quantitative estimate of drug-likeness (QED) is 0.780. The summed E-state index contributed by atoms with van der Waals surface area (Å²) in [5.41, 5.74) is 1.30. The van der Waals surface area contributed by atoms with Crippen molar-refractivity contribution in [1.82, 2.24) is 9.62 Å². The Morgan fingerprint density at radius 3 is 2.24 bits per heavy atom. The second-order valence-corrected chi connectivity index (χ2v) is 9.17. The first-order valence-electron chi connectivity index (χ1n) is 9.54. The minimum Gasteiger partial charge on any atom is -0.373 e. The zero-order valence-electron chi connectivity index (χ0n) is 16.5. The molecule has 2 aromatic carbocycles. The minimum atomic E-state index is -3.64. The van der Waals surface area contributed by atoms with Crippen LogP contribution >= 0.6 is 0 Å². The van der Waals surface area contributed by atoms with Crippen molar-refractivity contribution in [3.8, 4) is 0 Å². The molecule has 6 nitrogen and oxygen atoms in total. The highest BCUT2D eigenvalue weighted by Crippen LogP contribution is 2.21. The topological polar surface area (TPSA) is 75.7 Å². The van der Waals surface area contributed by atoms with Crippen LogP contribution in [0.15, 0.2) is 53.4 Å². The summed E-state index contributed by atoms with van der Waals surface area (Å²) >= 11 is 0. The Morgan fingerprint density at radius 2 is 1.66 bits per heavy atom. The Labute approximate surface area is 170 Å². The molecule has 3 rings (SSSR count). The van der Waals surface area contributed by atoms with Gasteiger partial charge in [-0.25, -0.2) is 12.8 Å².